The SMILES string of the molecule is CCC(NC(Cc1ccc(O)cc1)C(=O)O)c1ccccc1. The summed E-state index contributed by atoms with van der Waals surface area (Å²) in [7, 11) is 0. The van der Waals surface area contributed by atoms with Gasteiger partial charge in [-0.25, -0.2) is 0 Å². The van der Waals surface area contributed by atoms with Gasteiger partial charge in [0.2, 0.25) is 0 Å². The zero-order valence-corrected chi connectivity index (χ0v) is 12.6. The van der Waals surface area contributed by atoms with Crippen molar-refractivity contribution < 1.29 is 15.0 Å². The Kier molecular flexibility index (Phi) is 5.55. The number of carboxylic acids is 1. The van der Waals surface area contributed by atoms with Crippen molar-refractivity contribution in [1.29, 1.82) is 0 Å². The Labute approximate surface area is 130 Å². The van der Waals surface area contributed by atoms with Crippen LogP contribution in [0, 0.1) is 0 Å². The molecule has 0 spiro atoms. The molecule has 0 aliphatic heterocycles. The molecule has 2 rings (SSSR count). The number of aromatic hydroxyl groups is 1. The highest BCUT2D eigenvalue weighted by Crippen LogP contribution is 2.18. The minimum absolute atomic E-state index is 0.000542. The van der Waals surface area contributed by atoms with Gasteiger partial charge in [-0.2, -0.15) is 0 Å². The summed E-state index contributed by atoms with van der Waals surface area (Å²) >= 11 is 0. The molecule has 2 unspecified atom stereocenters. The fraction of sp³-hybridized carbons (Fsp3) is 0.278. The van der Waals surface area contributed by atoms with E-state index in [2.05, 4.69) is 5.32 Å². The molecule has 0 aromatic heterocycles. The molecular weight excluding hydrogens is 278 g/mol. The predicted octanol–water partition coefficient (Wildman–Crippen LogP) is 3.13. The van der Waals surface area contributed by atoms with Crippen LogP contribution < -0.4 is 5.32 Å². The second-order valence-electron chi connectivity index (χ2n) is 5.30. The number of rotatable bonds is 7. The topological polar surface area (TPSA) is 69.6 Å². The third-order valence-corrected chi connectivity index (χ3v) is 3.69. The fourth-order valence-corrected chi connectivity index (χ4v) is 2.46. The van der Waals surface area contributed by atoms with Gasteiger partial charge in [0.05, 0.1) is 0 Å². The molecular formula is C18H21NO3. The highest BCUT2D eigenvalue weighted by molar-refractivity contribution is 5.74. The van der Waals surface area contributed by atoms with Crippen LogP contribution in [0.5, 0.6) is 5.75 Å². The minimum Gasteiger partial charge on any atom is -0.508 e. The smallest absolute Gasteiger partial charge is 0.321 e. The van der Waals surface area contributed by atoms with Gasteiger partial charge < -0.3 is 10.2 Å². The number of carboxylic acid groups (broad SMARTS) is 1. The van der Waals surface area contributed by atoms with Crippen molar-refractivity contribution in [1.82, 2.24) is 5.32 Å². The second-order valence-corrected chi connectivity index (χ2v) is 5.30. The summed E-state index contributed by atoms with van der Waals surface area (Å²) in [6, 6.07) is 15.8. The number of hydrogen-bond donors (Lipinski definition) is 3. The van der Waals surface area contributed by atoms with Crippen molar-refractivity contribution in [2.45, 2.75) is 31.8 Å². The van der Waals surface area contributed by atoms with Crippen LogP contribution in [-0.2, 0) is 11.2 Å². The molecule has 3 N–H and O–H groups in total. The van der Waals surface area contributed by atoms with Crippen molar-refractivity contribution >= 4 is 5.97 Å². The first-order valence-electron chi connectivity index (χ1n) is 7.42. The van der Waals surface area contributed by atoms with E-state index in [1.165, 1.54) is 0 Å². The van der Waals surface area contributed by atoms with Crippen LogP contribution in [-0.4, -0.2) is 22.2 Å². The Morgan fingerprint density at radius 2 is 1.73 bits per heavy atom. The third kappa shape index (κ3) is 4.33. The maximum Gasteiger partial charge on any atom is 0.321 e. The molecule has 0 saturated carbocycles. The lowest BCUT2D eigenvalue weighted by Crippen LogP contribution is -2.40. The molecule has 4 nitrogen and oxygen atoms in total. The van der Waals surface area contributed by atoms with E-state index in [9.17, 15) is 15.0 Å². The quantitative estimate of drug-likeness (QED) is 0.734. The summed E-state index contributed by atoms with van der Waals surface area (Å²) in [5.74, 6) is -0.693. The van der Waals surface area contributed by atoms with Gasteiger partial charge in [0.15, 0.2) is 0 Å². The van der Waals surface area contributed by atoms with Crippen LogP contribution in [0.1, 0.15) is 30.5 Å². The maximum absolute atomic E-state index is 11.5. The summed E-state index contributed by atoms with van der Waals surface area (Å²) in [4.78, 5) is 11.5. The van der Waals surface area contributed by atoms with Crippen molar-refractivity contribution in [3.63, 3.8) is 0 Å². The largest absolute Gasteiger partial charge is 0.508 e. The highest BCUT2D eigenvalue weighted by Gasteiger charge is 2.22. The number of phenolic OH excluding ortho intramolecular Hbond substituents is 1. The molecule has 0 heterocycles. The van der Waals surface area contributed by atoms with Crippen LogP contribution in [0.2, 0.25) is 0 Å². The number of phenols is 1. The molecule has 0 aliphatic rings. The lowest BCUT2D eigenvalue weighted by molar-refractivity contribution is -0.139. The Balaban J connectivity index is 2.10. The zero-order valence-electron chi connectivity index (χ0n) is 12.6. The average molecular weight is 299 g/mol. The molecule has 2 aromatic rings. The van der Waals surface area contributed by atoms with Gasteiger partial charge >= 0.3 is 5.97 Å². The first kappa shape index (κ1) is 16.0. The molecule has 0 bridgehead atoms. The summed E-state index contributed by atoms with van der Waals surface area (Å²) in [5, 5.41) is 22.0. The standard InChI is InChI=1S/C18H21NO3/c1-2-16(14-6-4-3-5-7-14)19-17(18(21)22)12-13-8-10-15(20)11-9-13/h3-11,16-17,19-20H,2,12H2,1H3,(H,21,22). The van der Waals surface area contributed by atoms with Crippen molar-refractivity contribution in [3.05, 3.63) is 65.7 Å². The van der Waals surface area contributed by atoms with Gasteiger partial charge in [0.1, 0.15) is 11.8 Å². The van der Waals surface area contributed by atoms with E-state index >= 15 is 0 Å². The molecule has 0 radical (unpaired) electrons. The van der Waals surface area contributed by atoms with Gasteiger partial charge in [-0.15, -0.1) is 0 Å². The molecule has 4 heteroatoms. The van der Waals surface area contributed by atoms with Crippen molar-refractivity contribution in [2.75, 3.05) is 0 Å². The number of aliphatic carboxylic acids is 1. The second kappa shape index (κ2) is 7.61. The lowest BCUT2D eigenvalue weighted by atomic mass is 10.0. The predicted molar refractivity (Wildman–Crippen MR) is 85.8 cm³/mol. The average Bonchev–Trinajstić information content (AvgIpc) is 2.54. The molecule has 2 atom stereocenters. The van der Waals surface area contributed by atoms with E-state index in [0.29, 0.717) is 6.42 Å². The van der Waals surface area contributed by atoms with Gasteiger partial charge in [-0.3, -0.25) is 10.1 Å². The Hall–Kier alpha value is -2.33. The Bertz CT molecular complexity index is 595. The van der Waals surface area contributed by atoms with Crippen LogP contribution in [0.15, 0.2) is 54.6 Å². The van der Waals surface area contributed by atoms with E-state index < -0.39 is 12.0 Å². The summed E-state index contributed by atoms with van der Waals surface area (Å²) < 4.78 is 0. The van der Waals surface area contributed by atoms with Gasteiger partial charge in [-0.1, -0.05) is 49.4 Å². The molecule has 22 heavy (non-hydrogen) atoms. The maximum atomic E-state index is 11.5. The van der Waals surface area contributed by atoms with Gasteiger partial charge in [0.25, 0.3) is 0 Å². The number of benzene rings is 2. The van der Waals surface area contributed by atoms with Crippen LogP contribution in [0.25, 0.3) is 0 Å². The van der Waals surface area contributed by atoms with E-state index in [4.69, 9.17) is 0 Å². The van der Waals surface area contributed by atoms with E-state index in [-0.39, 0.29) is 11.8 Å². The van der Waals surface area contributed by atoms with Gasteiger partial charge in [-0.05, 0) is 36.1 Å². The molecule has 0 amide bonds. The van der Waals surface area contributed by atoms with E-state index in [0.717, 1.165) is 17.5 Å². The normalized spacial score (nSPS) is 13.5. The molecule has 0 saturated heterocycles. The Morgan fingerprint density at radius 1 is 1.09 bits per heavy atom. The third-order valence-electron chi connectivity index (χ3n) is 3.69. The minimum atomic E-state index is -0.873. The van der Waals surface area contributed by atoms with Crippen LogP contribution >= 0.6 is 0 Å². The molecule has 116 valence electrons. The van der Waals surface area contributed by atoms with Crippen LogP contribution in [0.4, 0.5) is 0 Å². The first-order chi connectivity index (χ1) is 10.6. The Morgan fingerprint density at radius 3 is 2.27 bits per heavy atom. The molecule has 0 aliphatic carbocycles. The summed E-state index contributed by atoms with van der Waals surface area (Å²) in [6.45, 7) is 2.03. The van der Waals surface area contributed by atoms with Crippen molar-refractivity contribution in [2.24, 2.45) is 0 Å². The summed E-state index contributed by atoms with van der Waals surface area (Å²) in [6.07, 6.45) is 1.18. The molecule has 0 fully saturated rings. The highest BCUT2D eigenvalue weighted by atomic mass is 16.4. The first-order valence-corrected chi connectivity index (χ1v) is 7.42. The van der Waals surface area contributed by atoms with Crippen LogP contribution in [0.3, 0.4) is 0 Å². The number of hydrogen-bond acceptors (Lipinski definition) is 3. The van der Waals surface area contributed by atoms with Gasteiger partial charge in [0, 0.05) is 6.04 Å². The molecule has 2 aromatic carbocycles. The zero-order chi connectivity index (χ0) is 15.9. The lowest BCUT2D eigenvalue weighted by Gasteiger charge is -2.23. The number of carbonyl (C=O) groups is 1. The van der Waals surface area contributed by atoms with Crippen molar-refractivity contribution in [3.8, 4) is 5.75 Å². The monoisotopic (exact) mass is 299 g/mol. The summed E-state index contributed by atoms with van der Waals surface area (Å²) in [5.41, 5.74) is 1.96. The number of nitrogens with one attached hydrogen (secondary N) is 1. The fourth-order valence-electron chi connectivity index (χ4n) is 2.46. The van der Waals surface area contributed by atoms with E-state index in [1.807, 2.05) is 37.3 Å². The van der Waals surface area contributed by atoms with E-state index in [1.54, 1.807) is 24.3 Å².